The Balaban J connectivity index is 1.40. The maximum Gasteiger partial charge on any atom is 0.270 e. The molecule has 1 aliphatic carbocycles. The van der Waals surface area contributed by atoms with Crippen molar-refractivity contribution in [2.24, 2.45) is 5.92 Å². The lowest BCUT2D eigenvalue weighted by Crippen LogP contribution is -2.51. The number of halogens is 1. The molecular weight excluding hydrogens is 317 g/mol. The molecule has 1 amide bonds. The number of benzene rings is 1. The Kier molecular flexibility index (Phi) is 3.45. The van der Waals surface area contributed by atoms with Gasteiger partial charge >= 0.3 is 0 Å². The lowest BCUT2D eigenvalue weighted by Gasteiger charge is -2.38. The van der Waals surface area contributed by atoms with Crippen LogP contribution >= 0.6 is 0 Å². The van der Waals surface area contributed by atoms with Crippen molar-refractivity contribution in [1.82, 2.24) is 14.4 Å². The van der Waals surface area contributed by atoms with Gasteiger partial charge in [-0.15, -0.1) is 0 Å². The molecule has 2 aliphatic heterocycles. The summed E-state index contributed by atoms with van der Waals surface area (Å²) in [5.41, 5.74) is 1.94. The van der Waals surface area contributed by atoms with E-state index < -0.39 is 0 Å². The number of amides is 1. The first kappa shape index (κ1) is 15.1. The minimum absolute atomic E-state index is 0.182. The summed E-state index contributed by atoms with van der Waals surface area (Å²) in [6, 6.07) is 11.2. The van der Waals surface area contributed by atoms with Gasteiger partial charge in [-0.05, 0) is 48.6 Å². The number of rotatable bonds is 4. The zero-order chi connectivity index (χ0) is 17.0. The van der Waals surface area contributed by atoms with Crippen molar-refractivity contribution < 1.29 is 9.18 Å². The van der Waals surface area contributed by atoms with Crippen molar-refractivity contribution in [1.29, 1.82) is 0 Å². The Morgan fingerprint density at radius 3 is 2.56 bits per heavy atom. The summed E-state index contributed by atoms with van der Waals surface area (Å²) in [6.45, 7) is 3.52. The highest BCUT2D eigenvalue weighted by atomic mass is 19.1. The average Bonchev–Trinajstić information content (AvgIpc) is 3.12. The van der Waals surface area contributed by atoms with Crippen LogP contribution in [-0.2, 0) is 6.54 Å². The standard InChI is InChI=1S/C20H22FN3O/c21-16-7-5-14(6-8-16)10-22-12-18-19(13-22)24(11-15-3-4-15)20(25)17-2-1-9-23(17)18/h1-2,5-9,15,18-19H,3-4,10-13H2/t18-,19-/m1/s1. The van der Waals surface area contributed by atoms with Crippen molar-refractivity contribution in [3.63, 3.8) is 0 Å². The molecule has 1 aromatic heterocycles. The molecule has 0 radical (unpaired) electrons. The highest BCUT2D eigenvalue weighted by Gasteiger charge is 2.46. The molecule has 3 heterocycles. The van der Waals surface area contributed by atoms with Gasteiger partial charge in [0.25, 0.3) is 5.91 Å². The topological polar surface area (TPSA) is 28.5 Å². The minimum atomic E-state index is -0.197. The van der Waals surface area contributed by atoms with Crippen LogP contribution in [0.15, 0.2) is 42.6 Å². The third-order valence-electron chi connectivity index (χ3n) is 5.82. The van der Waals surface area contributed by atoms with Crippen molar-refractivity contribution in [3.05, 3.63) is 59.7 Å². The summed E-state index contributed by atoms with van der Waals surface area (Å²) >= 11 is 0. The Bertz CT molecular complexity index is 796. The Labute approximate surface area is 146 Å². The Hall–Kier alpha value is -2.14. The maximum absolute atomic E-state index is 13.1. The molecule has 4 nitrogen and oxygen atoms in total. The van der Waals surface area contributed by atoms with E-state index in [4.69, 9.17) is 0 Å². The number of carbonyl (C=O) groups is 1. The van der Waals surface area contributed by atoms with E-state index in [0.717, 1.165) is 37.4 Å². The molecule has 0 spiro atoms. The third-order valence-corrected chi connectivity index (χ3v) is 5.82. The van der Waals surface area contributed by atoms with Gasteiger partial charge in [0.15, 0.2) is 0 Å². The second kappa shape index (κ2) is 5.70. The molecule has 25 heavy (non-hydrogen) atoms. The predicted molar refractivity (Wildman–Crippen MR) is 92.7 cm³/mol. The van der Waals surface area contributed by atoms with Crippen LogP contribution in [0.25, 0.3) is 0 Å². The monoisotopic (exact) mass is 339 g/mol. The van der Waals surface area contributed by atoms with Crippen molar-refractivity contribution >= 4 is 5.91 Å². The van der Waals surface area contributed by atoms with E-state index in [1.807, 2.05) is 30.5 Å². The summed E-state index contributed by atoms with van der Waals surface area (Å²) in [4.78, 5) is 17.5. The van der Waals surface area contributed by atoms with E-state index in [2.05, 4.69) is 14.4 Å². The molecule has 1 saturated heterocycles. The minimum Gasteiger partial charge on any atom is -0.337 e. The van der Waals surface area contributed by atoms with Crippen LogP contribution < -0.4 is 0 Å². The Morgan fingerprint density at radius 1 is 1.04 bits per heavy atom. The lowest BCUT2D eigenvalue weighted by molar-refractivity contribution is 0.0565. The SMILES string of the molecule is O=C1c2cccn2[C@@H]2CN(Cc3ccc(F)cc3)C[C@H]2N1CC1CC1. The molecule has 5 heteroatoms. The maximum atomic E-state index is 13.1. The van der Waals surface area contributed by atoms with Gasteiger partial charge in [-0.3, -0.25) is 9.69 Å². The smallest absolute Gasteiger partial charge is 0.270 e. The molecule has 1 saturated carbocycles. The number of nitrogens with zero attached hydrogens (tertiary/aromatic N) is 3. The molecule has 2 atom stereocenters. The van der Waals surface area contributed by atoms with Gasteiger partial charge in [0, 0.05) is 32.4 Å². The molecule has 2 aromatic rings. The van der Waals surface area contributed by atoms with Gasteiger partial charge in [0.05, 0.1) is 12.1 Å². The predicted octanol–water partition coefficient (Wildman–Crippen LogP) is 2.92. The number of hydrogen-bond acceptors (Lipinski definition) is 2. The van der Waals surface area contributed by atoms with Gasteiger partial charge in [0.2, 0.25) is 0 Å². The molecule has 0 bridgehead atoms. The van der Waals surface area contributed by atoms with Crippen LogP contribution in [0.3, 0.4) is 0 Å². The van der Waals surface area contributed by atoms with Crippen molar-refractivity contribution in [2.45, 2.75) is 31.5 Å². The van der Waals surface area contributed by atoms with E-state index in [1.165, 1.54) is 25.0 Å². The fraction of sp³-hybridized carbons (Fsp3) is 0.450. The first-order valence-corrected chi connectivity index (χ1v) is 9.13. The van der Waals surface area contributed by atoms with E-state index >= 15 is 0 Å². The summed E-state index contributed by atoms with van der Waals surface area (Å²) in [7, 11) is 0. The number of carbonyl (C=O) groups excluding carboxylic acids is 1. The van der Waals surface area contributed by atoms with Gasteiger partial charge in [-0.1, -0.05) is 12.1 Å². The average molecular weight is 339 g/mol. The van der Waals surface area contributed by atoms with Crippen LogP contribution in [0.4, 0.5) is 4.39 Å². The molecule has 1 aromatic carbocycles. The van der Waals surface area contributed by atoms with Crippen LogP contribution in [0.5, 0.6) is 0 Å². The van der Waals surface area contributed by atoms with E-state index in [1.54, 1.807) is 0 Å². The number of hydrogen-bond donors (Lipinski definition) is 0. The number of likely N-dealkylation sites (tertiary alicyclic amines) is 1. The zero-order valence-corrected chi connectivity index (χ0v) is 14.1. The van der Waals surface area contributed by atoms with Crippen LogP contribution in [-0.4, -0.2) is 46.0 Å². The van der Waals surface area contributed by atoms with Crippen LogP contribution in [0.2, 0.25) is 0 Å². The van der Waals surface area contributed by atoms with Crippen LogP contribution in [0.1, 0.15) is 34.9 Å². The highest BCUT2D eigenvalue weighted by molar-refractivity contribution is 5.94. The summed E-state index contributed by atoms with van der Waals surface area (Å²) in [5.74, 6) is 0.677. The van der Waals surface area contributed by atoms with E-state index in [0.29, 0.717) is 12.0 Å². The molecule has 0 unspecified atom stereocenters. The van der Waals surface area contributed by atoms with Crippen molar-refractivity contribution in [2.75, 3.05) is 19.6 Å². The quantitative estimate of drug-likeness (QED) is 0.857. The second-order valence-electron chi connectivity index (χ2n) is 7.66. The molecule has 3 aliphatic rings. The zero-order valence-electron chi connectivity index (χ0n) is 14.1. The highest BCUT2D eigenvalue weighted by Crippen LogP contribution is 2.38. The third kappa shape index (κ3) is 2.67. The molecular formula is C20H22FN3O. The Morgan fingerprint density at radius 2 is 1.80 bits per heavy atom. The second-order valence-corrected chi connectivity index (χ2v) is 7.66. The van der Waals surface area contributed by atoms with Crippen LogP contribution in [0, 0.1) is 11.7 Å². The normalized spacial score (nSPS) is 26.0. The molecule has 130 valence electrons. The molecule has 5 rings (SSSR count). The number of aromatic nitrogens is 1. The summed E-state index contributed by atoms with van der Waals surface area (Å²) in [5, 5.41) is 0. The first-order valence-electron chi connectivity index (χ1n) is 9.13. The van der Waals surface area contributed by atoms with Crippen molar-refractivity contribution in [3.8, 4) is 0 Å². The summed E-state index contributed by atoms with van der Waals surface area (Å²) in [6.07, 6.45) is 4.55. The largest absolute Gasteiger partial charge is 0.337 e. The van der Waals surface area contributed by atoms with E-state index in [-0.39, 0.29) is 17.8 Å². The van der Waals surface area contributed by atoms with Gasteiger partial charge in [-0.25, -0.2) is 4.39 Å². The summed E-state index contributed by atoms with van der Waals surface area (Å²) < 4.78 is 15.3. The number of fused-ring (bicyclic) bond motifs is 3. The van der Waals surface area contributed by atoms with Gasteiger partial charge in [0.1, 0.15) is 11.5 Å². The fourth-order valence-electron chi connectivity index (χ4n) is 4.36. The van der Waals surface area contributed by atoms with Gasteiger partial charge in [-0.2, -0.15) is 0 Å². The fourth-order valence-corrected chi connectivity index (χ4v) is 4.36. The lowest BCUT2D eigenvalue weighted by atomic mass is 10.1. The first-order chi connectivity index (χ1) is 12.2. The van der Waals surface area contributed by atoms with Gasteiger partial charge < -0.3 is 9.47 Å². The molecule has 0 N–H and O–H groups in total. The molecule has 2 fully saturated rings. The van der Waals surface area contributed by atoms with E-state index in [9.17, 15) is 9.18 Å².